The van der Waals surface area contributed by atoms with E-state index in [1.807, 2.05) is 0 Å². The highest BCUT2D eigenvalue weighted by Gasteiger charge is 2.53. The maximum absolute atomic E-state index is 6.23. The van der Waals surface area contributed by atoms with Crippen molar-refractivity contribution in [3.05, 3.63) is 0 Å². The van der Waals surface area contributed by atoms with Gasteiger partial charge in [0.2, 0.25) is 0 Å². The van der Waals surface area contributed by atoms with Crippen LogP contribution in [0.3, 0.4) is 0 Å². The first-order chi connectivity index (χ1) is 11.6. The summed E-state index contributed by atoms with van der Waals surface area (Å²) in [6.07, 6.45) is 12.1. The lowest BCUT2D eigenvalue weighted by molar-refractivity contribution is 0.0768. The zero-order valence-electron chi connectivity index (χ0n) is 17.4. The summed E-state index contributed by atoms with van der Waals surface area (Å²) in [5.41, 5.74) is 0. The Kier molecular flexibility index (Phi) is 15.0. The first-order valence-corrected chi connectivity index (χ1v) is 14.8. The second-order valence-electron chi connectivity index (χ2n) is 6.71. The molecule has 0 fully saturated rings. The van der Waals surface area contributed by atoms with Crippen molar-refractivity contribution in [1.29, 1.82) is 0 Å². The third kappa shape index (κ3) is 9.29. The summed E-state index contributed by atoms with van der Waals surface area (Å²) in [4.78, 5) is 0. The summed E-state index contributed by atoms with van der Waals surface area (Å²) in [7, 11) is -3.60. The van der Waals surface area contributed by atoms with E-state index in [9.17, 15) is 0 Å². The fourth-order valence-electron chi connectivity index (χ4n) is 3.39. The van der Waals surface area contributed by atoms with Gasteiger partial charge in [0, 0.05) is 27.1 Å². The van der Waals surface area contributed by atoms with Gasteiger partial charge >= 0.3 is 8.80 Å². The largest absolute Gasteiger partial charge is 0.540 e. The summed E-state index contributed by atoms with van der Waals surface area (Å²) < 4.78 is 18.7. The molecular formula is C19H44O3PSi+. The van der Waals surface area contributed by atoms with E-state index in [1.54, 1.807) is 0 Å². The summed E-state index contributed by atoms with van der Waals surface area (Å²) in [6.45, 7) is 15.2. The van der Waals surface area contributed by atoms with Crippen molar-refractivity contribution >= 4 is 16.1 Å². The molecule has 0 saturated carbocycles. The molecule has 0 N–H and O–H groups in total. The van der Waals surface area contributed by atoms with E-state index in [4.69, 9.17) is 13.3 Å². The zero-order valence-corrected chi connectivity index (χ0v) is 19.3. The first kappa shape index (κ1) is 24.5. The molecule has 0 aromatic carbocycles. The average molecular weight is 380 g/mol. The van der Waals surface area contributed by atoms with Crippen molar-refractivity contribution in [2.24, 2.45) is 0 Å². The summed E-state index contributed by atoms with van der Waals surface area (Å²) in [5, 5.41) is 0. The van der Waals surface area contributed by atoms with Crippen LogP contribution in [0, 0.1) is 0 Å². The predicted octanol–water partition coefficient (Wildman–Crippen LogP) is 5.99. The van der Waals surface area contributed by atoms with Gasteiger partial charge < -0.3 is 13.3 Å². The number of unbranched alkanes of at least 4 members (excludes halogenated alkanes) is 3. The predicted molar refractivity (Wildman–Crippen MR) is 112 cm³/mol. The Hall–Kier alpha value is 0.527. The van der Waals surface area contributed by atoms with Crippen molar-refractivity contribution in [3.63, 3.8) is 0 Å². The van der Waals surface area contributed by atoms with Crippen LogP contribution in [-0.4, -0.2) is 52.9 Å². The van der Waals surface area contributed by atoms with Crippen LogP contribution in [-0.2, 0) is 13.3 Å². The van der Waals surface area contributed by atoms with Gasteiger partial charge in [-0.1, -0.05) is 40.0 Å². The molecule has 0 aliphatic rings. The molecule has 146 valence electrons. The van der Waals surface area contributed by atoms with Gasteiger partial charge in [0.05, 0.1) is 18.5 Å². The quantitative estimate of drug-likeness (QED) is 0.229. The van der Waals surface area contributed by atoms with Crippen molar-refractivity contribution in [2.45, 2.75) is 80.1 Å². The summed E-state index contributed by atoms with van der Waals surface area (Å²) in [6, 6.07) is 0. The van der Waals surface area contributed by atoms with Crippen LogP contribution in [0.4, 0.5) is 0 Å². The lowest BCUT2D eigenvalue weighted by atomic mass is 10.4. The normalized spacial score (nSPS) is 12.8. The molecule has 0 amide bonds. The lowest BCUT2D eigenvalue weighted by Gasteiger charge is -2.35. The molecule has 0 bridgehead atoms. The van der Waals surface area contributed by atoms with Gasteiger partial charge in [0.15, 0.2) is 0 Å². The third-order valence-corrected chi connectivity index (χ3v) is 14.8. The summed E-state index contributed by atoms with van der Waals surface area (Å²) >= 11 is 0. The van der Waals surface area contributed by atoms with Crippen molar-refractivity contribution in [2.75, 3.05) is 44.1 Å². The Labute approximate surface area is 153 Å². The highest BCUT2D eigenvalue weighted by molar-refractivity contribution is 7.77. The van der Waals surface area contributed by atoms with Crippen LogP contribution in [0.1, 0.15) is 80.1 Å². The molecule has 0 unspecified atom stereocenters. The average Bonchev–Trinajstić information content (AvgIpc) is 2.57. The highest BCUT2D eigenvalue weighted by Crippen LogP contribution is 2.62. The van der Waals surface area contributed by atoms with E-state index in [2.05, 4.69) is 41.5 Å². The van der Waals surface area contributed by atoms with Crippen LogP contribution in [0.5, 0.6) is 0 Å². The zero-order chi connectivity index (χ0) is 18.3. The Bertz CT molecular complexity index is 251. The Morgan fingerprint density at radius 1 is 0.583 bits per heavy atom. The minimum atomic E-state index is -2.53. The molecule has 0 atom stereocenters. The molecule has 24 heavy (non-hydrogen) atoms. The molecule has 0 aliphatic heterocycles. The number of hydrogen-bond acceptors (Lipinski definition) is 3. The number of hydrogen-bond donors (Lipinski definition) is 0. The van der Waals surface area contributed by atoms with Crippen LogP contribution < -0.4 is 0 Å². The summed E-state index contributed by atoms with van der Waals surface area (Å²) in [5.74, 6) is 1.11. The molecule has 0 aliphatic carbocycles. The second-order valence-corrected chi connectivity index (χ2v) is 14.2. The smallest absolute Gasteiger partial charge is 0.372 e. The molecule has 0 spiro atoms. The van der Waals surface area contributed by atoms with Crippen LogP contribution in [0.15, 0.2) is 0 Å². The van der Waals surface area contributed by atoms with Gasteiger partial charge in [-0.25, -0.2) is 0 Å². The Morgan fingerprint density at radius 2 is 0.917 bits per heavy atom. The number of rotatable bonds is 17. The highest BCUT2D eigenvalue weighted by atomic mass is 31.2. The van der Waals surface area contributed by atoms with Gasteiger partial charge in [-0.3, -0.25) is 0 Å². The molecule has 0 radical (unpaired) electrons. The SMILES string of the molecule is CCCC[P+](CCCC)(CCCC)C[Si](OCC)(OCC)OCC. The van der Waals surface area contributed by atoms with Crippen molar-refractivity contribution in [3.8, 4) is 0 Å². The van der Waals surface area contributed by atoms with Gasteiger partial charge in [-0.05, 0) is 40.0 Å². The minimum absolute atomic E-state index is 0.696. The minimum Gasteiger partial charge on any atom is -0.372 e. The Balaban J connectivity index is 5.47. The molecule has 5 heteroatoms. The van der Waals surface area contributed by atoms with Crippen LogP contribution >= 0.6 is 7.26 Å². The van der Waals surface area contributed by atoms with Crippen LogP contribution in [0.2, 0.25) is 0 Å². The van der Waals surface area contributed by atoms with Gasteiger partial charge in [0.1, 0.15) is 5.79 Å². The Morgan fingerprint density at radius 3 is 1.17 bits per heavy atom. The van der Waals surface area contributed by atoms with Gasteiger partial charge in [-0.15, -0.1) is 0 Å². The molecule has 3 nitrogen and oxygen atoms in total. The van der Waals surface area contributed by atoms with E-state index in [0.717, 1.165) is 5.79 Å². The molecular weight excluding hydrogens is 335 g/mol. The first-order valence-electron chi connectivity index (χ1n) is 10.3. The second kappa shape index (κ2) is 14.7. The van der Waals surface area contributed by atoms with E-state index in [-0.39, 0.29) is 0 Å². The van der Waals surface area contributed by atoms with E-state index in [1.165, 1.54) is 57.0 Å². The molecule has 0 saturated heterocycles. The van der Waals surface area contributed by atoms with Crippen LogP contribution in [0.25, 0.3) is 0 Å². The maximum Gasteiger partial charge on any atom is 0.540 e. The molecule has 0 aromatic heterocycles. The third-order valence-electron chi connectivity index (χ3n) is 4.58. The van der Waals surface area contributed by atoms with E-state index in [0.29, 0.717) is 19.8 Å². The maximum atomic E-state index is 6.23. The van der Waals surface area contributed by atoms with Gasteiger partial charge in [-0.2, -0.15) is 0 Å². The van der Waals surface area contributed by atoms with E-state index < -0.39 is 16.1 Å². The van der Waals surface area contributed by atoms with E-state index >= 15 is 0 Å². The fourth-order valence-corrected chi connectivity index (χ4v) is 14.9. The van der Waals surface area contributed by atoms with Crippen molar-refractivity contribution in [1.82, 2.24) is 0 Å². The van der Waals surface area contributed by atoms with Crippen molar-refractivity contribution < 1.29 is 13.3 Å². The topological polar surface area (TPSA) is 27.7 Å². The molecule has 0 rings (SSSR count). The molecule has 0 aromatic rings. The van der Waals surface area contributed by atoms with Gasteiger partial charge in [0.25, 0.3) is 0 Å². The standard InChI is InChI=1S/C19H44O3PSi/c1-7-13-16-23(17-14-8-2,18-15-9-3)19-24(20-10-4,21-11-5)22-12-6/h7-19H2,1-6H3/q+1. The molecule has 0 heterocycles. The lowest BCUT2D eigenvalue weighted by Crippen LogP contribution is -2.51. The monoisotopic (exact) mass is 379 g/mol. The fraction of sp³-hybridized carbons (Fsp3) is 1.00.